The van der Waals surface area contributed by atoms with Gasteiger partial charge in [-0.1, -0.05) is 47.0 Å². The Morgan fingerprint density at radius 2 is 2.18 bits per heavy atom. The van der Waals surface area contributed by atoms with E-state index >= 15 is 0 Å². The zero-order valence-electron chi connectivity index (χ0n) is 11.6. The highest BCUT2D eigenvalue weighted by molar-refractivity contribution is 8.01. The van der Waals surface area contributed by atoms with Gasteiger partial charge in [0.15, 0.2) is 9.47 Å². The smallest absolute Gasteiger partial charge is 0.226 e. The molecule has 0 spiro atoms. The van der Waals surface area contributed by atoms with E-state index in [2.05, 4.69) is 19.7 Å². The number of hydrogen-bond donors (Lipinski definition) is 1. The number of para-hydroxylation sites is 1. The van der Waals surface area contributed by atoms with Crippen molar-refractivity contribution in [3.05, 3.63) is 24.3 Å². The Kier molecular flexibility index (Phi) is 5.29. The number of nitrogens with one attached hydrogen (secondary N) is 1. The maximum absolute atomic E-state index is 11.9. The summed E-state index contributed by atoms with van der Waals surface area (Å²) in [6, 6.07) is 7.84. The van der Waals surface area contributed by atoms with Crippen LogP contribution in [0.2, 0.25) is 0 Å². The average Bonchev–Trinajstić information content (AvgIpc) is 3.12. The van der Waals surface area contributed by atoms with Crippen molar-refractivity contribution in [3.63, 3.8) is 0 Å². The van der Waals surface area contributed by atoms with E-state index in [1.54, 1.807) is 11.8 Å². The van der Waals surface area contributed by atoms with Crippen molar-refractivity contribution in [2.24, 2.45) is 0 Å². The Hall–Kier alpha value is -1.16. The van der Waals surface area contributed by atoms with Crippen LogP contribution in [0.5, 0.6) is 0 Å². The molecular formula is C13H12N4OS4. The zero-order chi connectivity index (χ0) is 15.4. The van der Waals surface area contributed by atoms with Crippen molar-refractivity contribution >= 4 is 67.6 Å². The van der Waals surface area contributed by atoms with Gasteiger partial charge in [-0.05, 0) is 29.9 Å². The van der Waals surface area contributed by atoms with Crippen LogP contribution in [0.15, 0.2) is 33.8 Å². The molecule has 5 nitrogen and oxygen atoms in total. The zero-order valence-corrected chi connectivity index (χ0v) is 14.9. The molecule has 0 fully saturated rings. The number of carbonyl (C=O) groups is 1. The normalized spacial score (nSPS) is 11.0. The molecule has 2 aromatic heterocycles. The number of carbonyl (C=O) groups excluding carboxylic acids is 1. The molecule has 2 heterocycles. The van der Waals surface area contributed by atoms with E-state index in [4.69, 9.17) is 0 Å². The number of nitrogens with zero attached hydrogens (tertiary/aromatic N) is 3. The molecule has 1 amide bonds. The van der Waals surface area contributed by atoms with Gasteiger partial charge in [-0.15, -0.1) is 0 Å². The minimum Gasteiger partial charge on any atom is -0.302 e. The SMILES string of the molecule is CSc1nsc(SCCC(=O)Nc2nc3ccccc3s2)n1. The van der Waals surface area contributed by atoms with Crippen LogP contribution in [0, 0.1) is 0 Å². The van der Waals surface area contributed by atoms with E-state index in [0.717, 1.165) is 19.7 Å². The van der Waals surface area contributed by atoms with Gasteiger partial charge < -0.3 is 5.32 Å². The molecule has 1 N–H and O–H groups in total. The molecular weight excluding hydrogens is 356 g/mol. The Morgan fingerprint density at radius 3 is 2.95 bits per heavy atom. The predicted octanol–water partition coefficient (Wildman–Crippen LogP) is 3.99. The lowest BCUT2D eigenvalue weighted by Gasteiger charge is -1.99. The molecule has 22 heavy (non-hydrogen) atoms. The molecule has 0 radical (unpaired) electrons. The van der Waals surface area contributed by atoms with E-state index in [1.165, 1.54) is 34.6 Å². The van der Waals surface area contributed by atoms with Gasteiger partial charge in [0.25, 0.3) is 0 Å². The van der Waals surface area contributed by atoms with Crippen molar-refractivity contribution < 1.29 is 4.79 Å². The van der Waals surface area contributed by atoms with Crippen molar-refractivity contribution in [2.45, 2.75) is 15.9 Å². The number of anilines is 1. The van der Waals surface area contributed by atoms with Gasteiger partial charge in [0, 0.05) is 12.2 Å². The number of amides is 1. The lowest BCUT2D eigenvalue weighted by atomic mass is 10.3. The maximum Gasteiger partial charge on any atom is 0.226 e. The molecule has 9 heteroatoms. The summed E-state index contributed by atoms with van der Waals surface area (Å²) in [6.45, 7) is 0. The third-order valence-electron chi connectivity index (χ3n) is 2.67. The van der Waals surface area contributed by atoms with Crippen LogP contribution in [0.4, 0.5) is 5.13 Å². The summed E-state index contributed by atoms with van der Waals surface area (Å²) in [7, 11) is 0. The van der Waals surface area contributed by atoms with Crippen LogP contribution in [-0.2, 0) is 4.79 Å². The van der Waals surface area contributed by atoms with Gasteiger partial charge in [-0.25, -0.2) is 9.97 Å². The minimum absolute atomic E-state index is 0.0267. The number of rotatable bonds is 6. The van der Waals surface area contributed by atoms with Gasteiger partial charge in [-0.3, -0.25) is 4.79 Å². The van der Waals surface area contributed by atoms with Gasteiger partial charge in [0.05, 0.1) is 10.2 Å². The summed E-state index contributed by atoms with van der Waals surface area (Å²) >= 11 is 5.94. The van der Waals surface area contributed by atoms with Crippen LogP contribution in [0.3, 0.4) is 0 Å². The molecule has 114 valence electrons. The Bertz CT molecular complexity index is 752. The average molecular weight is 369 g/mol. The maximum atomic E-state index is 11.9. The van der Waals surface area contributed by atoms with Crippen LogP contribution in [-0.4, -0.2) is 32.3 Å². The Labute approximate surface area is 144 Å². The molecule has 1 aromatic carbocycles. The van der Waals surface area contributed by atoms with Crippen LogP contribution >= 0.6 is 46.4 Å². The first-order valence-corrected chi connectivity index (χ1v) is 10.2. The molecule has 0 saturated carbocycles. The van der Waals surface area contributed by atoms with Crippen LogP contribution in [0.1, 0.15) is 6.42 Å². The highest BCUT2D eigenvalue weighted by Crippen LogP contribution is 2.26. The van der Waals surface area contributed by atoms with Crippen LogP contribution < -0.4 is 5.32 Å². The van der Waals surface area contributed by atoms with Gasteiger partial charge >= 0.3 is 0 Å². The largest absolute Gasteiger partial charge is 0.302 e. The van der Waals surface area contributed by atoms with Crippen molar-refractivity contribution in [2.75, 3.05) is 17.3 Å². The molecule has 0 aliphatic carbocycles. The molecule has 0 saturated heterocycles. The lowest BCUT2D eigenvalue weighted by molar-refractivity contribution is -0.115. The Morgan fingerprint density at radius 1 is 1.32 bits per heavy atom. The third-order valence-corrected chi connectivity index (χ3v) is 6.12. The first-order chi connectivity index (χ1) is 10.7. The van der Waals surface area contributed by atoms with Crippen molar-refractivity contribution in [1.82, 2.24) is 14.3 Å². The van der Waals surface area contributed by atoms with E-state index in [9.17, 15) is 4.79 Å². The summed E-state index contributed by atoms with van der Waals surface area (Å²) in [5, 5.41) is 4.29. The second-order valence-electron chi connectivity index (χ2n) is 4.18. The fraction of sp³-hybridized carbons (Fsp3) is 0.231. The van der Waals surface area contributed by atoms with E-state index in [-0.39, 0.29) is 5.91 Å². The summed E-state index contributed by atoms with van der Waals surface area (Å²) in [5.41, 5.74) is 0.913. The molecule has 3 aromatic rings. The predicted molar refractivity (Wildman–Crippen MR) is 95.3 cm³/mol. The first kappa shape index (κ1) is 15.7. The highest BCUT2D eigenvalue weighted by atomic mass is 32.2. The number of thiazole rings is 1. The van der Waals surface area contributed by atoms with Gasteiger partial charge in [-0.2, -0.15) is 4.37 Å². The van der Waals surface area contributed by atoms with E-state index < -0.39 is 0 Å². The van der Waals surface area contributed by atoms with E-state index in [0.29, 0.717) is 17.3 Å². The summed E-state index contributed by atoms with van der Waals surface area (Å²) in [6.07, 6.45) is 2.37. The molecule has 0 aliphatic rings. The number of hydrogen-bond acceptors (Lipinski definition) is 8. The fourth-order valence-electron chi connectivity index (χ4n) is 1.68. The fourth-order valence-corrected chi connectivity index (χ4v) is 4.78. The summed E-state index contributed by atoms with van der Waals surface area (Å²) in [4.78, 5) is 20.7. The van der Waals surface area contributed by atoms with E-state index in [1.807, 2.05) is 30.5 Å². The van der Waals surface area contributed by atoms with Crippen molar-refractivity contribution in [1.29, 1.82) is 0 Å². The summed E-state index contributed by atoms with van der Waals surface area (Å²) in [5.74, 6) is 0.654. The summed E-state index contributed by atoms with van der Waals surface area (Å²) < 4.78 is 6.16. The second kappa shape index (κ2) is 7.40. The number of thioether (sulfide) groups is 2. The molecule has 0 atom stereocenters. The lowest BCUT2D eigenvalue weighted by Crippen LogP contribution is -2.11. The first-order valence-electron chi connectivity index (χ1n) is 6.40. The second-order valence-corrected chi connectivity index (χ2v) is 8.08. The molecule has 0 bridgehead atoms. The quantitative estimate of drug-likeness (QED) is 0.664. The van der Waals surface area contributed by atoms with Gasteiger partial charge in [0.2, 0.25) is 11.1 Å². The Balaban J connectivity index is 1.49. The molecule has 3 rings (SSSR count). The number of benzene rings is 1. The number of fused-ring (bicyclic) bond motifs is 1. The minimum atomic E-state index is -0.0267. The van der Waals surface area contributed by atoms with Gasteiger partial charge in [0.1, 0.15) is 0 Å². The van der Waals surface area contributed by atoms with Crippen LogP contribution in [0.25, 0.3) is 10.2 Å². The third kappa shape index (κ3) is 3.97. The monoisotopic (exact) mass is 368 g/mol. The standard InChI is InChI=1S/C13H12N4OS4/c1-19-12-16-13(22-17-12)20-7-6-10(18)15-11-14-8-4-2-3-5-9(8)21-11/h2-5H,6-7H2,1H3,(H,14,15,18). The molecule has 0 aliphatic heterocycles. The topological polar surface area (TPSA) is 67.8 Å². The molecule has 0 unspecified atom stereocenters. The van der Waals surface area contributed by atoms with Crippen molar-refractivity contribution in [3.8, 4) is 0 Å². The number of aromatic nitrogens is 3. The highest BCUT2D eigenvalue weighted by Gasteiger charge is 2.09.